The second kappa shape index (κ2) is 3.84. The molecule has 0 unspecified atom stereocenters. The first-order chi connectivity index (χ1) is 6.97. The summed E-state index contributed by atoms with van der Waals surface area (Å²) in [4.78, 5) is 20.4. The zero-order valence-electron chi connectivity index (χ0n) is 7.65. The van der Waals surface area contributed by atoms with Crippen molar-refractivity contribution in [3.63, 3.8) is 0 Å². The number of carbonyl (C=O) groups excluding carboxylic acids is 1. The molecular weight excluding hydrogens is 203 g/mol. The van der Waals surface area contributed by atoms with E-state index in [1.807, 2.05) is 0 Å². The van der Waals surface area contributed by atoms with E-state index in [1.54, 1.807) is 0 Å². The summed E-state index contributed by atoms with van der Waals surface area (Å²) in [6, 6.07) is 3.26. The first kappa shape index (κ1) is 10.8. The van der Waals surface area contributed by atoms with Crippen molar-refractivity contribution in [3.8, 4) is 6.07 Å². The molecule has 15 heavy (non-hydrogen) atoms. The van der Waals surface area contributed by atoms with E-state index in [1.165, 1.54) is 13.0 Å². The maximum Gasteiger partial charge on any atom is 0.306 e. The number of nitriles is 1. The Bertz CT molecular complexity index is 491. The number of nitro benzene ring substituents is 1. The van der Waals surface area contributed by atoms with Gasteiger partial charge in [-0.3, -0.25) is 14.9 Å². The summed E-state index contributed by atoms with van der Waals surface area (Å²) >= 11 is 0. The van der Waals surface area contributed by atoms with Crippen molar-refractivity contribution in [1.82, 2.24) is 0 Å². The minimum atomic E-state index is -1.22. The standard InChI is InChI=1S/C9H5FN2O3/c1-5(13)6-2-7(4-11)9(10)8(3-6)12(14)15/h2-3H,1H3. The van der Waals surface area contributed by atoms with Crippen LogP contribution in [0, 0.1) is 27.3 Å². The van der Waals surface area contributed by atoms with Crippen molar-refractivity contribution in [3.05, 3.63) is 39.2 Å². The van der Waals surface area contributed by atoms with Crippen LogP contribution in [0.4, 0.5) is 10.1 Å². The third-order valence-corrected chi connectivity index (χ3v) is 1.78. The Morgan fingerprint density at radius 1 is 1.60 bits per heavy atom. The minimum absolute atomic E-state index is 0.0559. The maximum absolute atomic E-state index is 13.2. The molecule has 0 spiro atoms. The van der Waals surface area contributed by atoms with Crippen LogP contribution in [0.25, 0.3) is 0 Å². The van der Waals surface area contributed by atoms with E-state index in [-0.39, 0.29) is 5.56 Å². The number of hydrogen-bond donors (Lipinski definition) is 0. The fourth-order valence-electron chi connectivity index (χ4n) is 1.03. The Balaban J connectivity index is 3.54. The molecule has 0 amide bonds. The van der Waals surface area contributed by atoms with Gasteiger partial charge in [0.1, 0.15) is 6.07 Å². The SMILES string of the molecule is CC(=O)c1cc(C#N)c(F)c([N+](=O)[O-])c1. The molecule has 0 heterocycles. The summed E-state index contributed by atoms with van der Waals surface area (Å²) in [6.07, 6.45) is 0. The normalized spacial score (nSPS) is 9.40. The van der Waals surface area contributed by atoms with Crippen LogP contribution < -0.4 is 0 Å². The van der Waals surface area contributed by atoms with Gasteiger partial charge in [-0.2, -0.15) is 9.65 Å². The second-order valence-corrected chi connectivity index (χ2v) is 2.78. The number of Topliss-reactive ketones (excluding diaryl/α,β-unsaturated/α-hetero) is 1. The van der Waals surface area contributed by atoms with Crippen LogP contribution in [0.5, 0.6) is 0 Å². The van der Waals surface area contributed by atoms with Gasteiger partial charge in [-0.05, 0) is 13.0 Å². The van der Waals surface area contributed by atoms with Crippen molar-refractivity contribution in [2.75, 3.05) is 0 Å². The average Bonchev–Trinajstić information content (AvgIpc) is 2.17. The maximum atomic E-state index is 13.2. The van der Waals surface area contributed by atoms with Gasteiger partial charge in [0.25, 0.3) is 0 Å². The fourth-order valence-corrected chi connectivity index (χ4v) is 1.03. The number of nitrogens with zero attached hydrogens (tertiary/aromatic N) is 2. The van der Waals surface area contributed by atoms with Gasteiger partial charge in [-0.15, -0.1) is 0 Å². The highest BCUT2D eigenvalue weighted by atomic mass is 19.1. The molecule has 0 fully saturated rings. The van der Waals surface area contributed by atoms with E-state index in [2.05, 4.69) is 0 Å². The van der Waals surface area contributed by atoms with Gasteiger partial charge in [-0.25, -0.2) is 0 Å². The van der Waals surface area contributed by atoms with Crippen LogP contribution >= 0.6 is 0 Å². The number of ketones is 1. The molecule has 0 atom stereocenters. The van der Waals surface area contributed by atoms with Crippen molar-refractivity contribution in [1.29, 1.82) is 5.26 Å². The first-order valence-corrected chi connectivity index (χ1v) is 3.86. The fraction of sp³-hybridized carbons (Fsp3) is 0.111. The van der Waals surface area contributed by atoms with Crippen LogP contribution in [-0.2, 0) is 0 Å². The molecule has 76 valence electrons. The molecule has 1 rings (SSSR count). The van der Waals surface area contributed by atoms with Crippen molar-refractivity contribution in [2.45, 2.75) is 6.92 Å². The summed E-state index contributed by atoms with van der Waals surface area (Å²) in [5.41, 5.74) is -1.42. The number of rotatable bonds is 2. The average molecular weight is 208 g/mol. The summed E-state index contributed by atoms with van der Waals surface area (Å²) < 4.78 is 13.2. The Morgan fingerprint density at radius 2 is 2.20 bits per heavy atom. The Kier molecular flexibility index (Phi) is 2.76. The lowest BCUT2D eigenvalue weighted by atomic mass is 10.1. The lowest BCUT2D eigenvalue weighted by Gasteiger charge is -1.99. The van der Waals surface area contributed by atoms with E-state index in [9.17, 15) is 19.3 Å². The zero-order valence-corrected chi connectivity index (χ0v) is 7.65. The highest BCUT2D eigenvalue weighted by molar-refractivity contribution is 5.95. The lowest BCUT2D eigenvalue weighted by Crippen LogP contribution is -2.00. The van der Waals surface area contributed by atoms with E-state index >= 15 is 0 Å². The molecule has 0 aliphatic rings. The van der Waals surface area contributed by atoms with Crippen LogP contribution in [0.2, 0.25) is 0 Å². The van der Waals surface area contributed by atoms with Gasteiger partial charge in [0.2, 0.25) is 5.82 Å². The Morgan fingerprint density at radius 3 is 2.60 bits per heavy atom. The minimum Gasteiger partial charge on any atom is -0.295 e. The van der Waals surface area contributed by atoms with Gasteiger partial charge in [0.15, 0.2) is 5.78 Å². The molecular formula is C9H5FN2O3. The summed E-state index contributed by atoms with van der Waals surface area (Å²) in [6.45, 7) is 1.18. The molecule has 0 saturated heterocycles. The molecule has 0 radical (unpaired) electrons. The predicted molar refractivity (Wildman–Crippen MR) is 47.8 cm³/mol. The van der Waals surface area contributed by atoms with Crippen LogP contribution in [-0.4, -0.2) is 10.7 Å². The highest BCUT2D eigenvalue weighted by Crippen LogP contribution is 2.22. The number of benzene rings is 1. The third-order valence-electron chi connectivity index (χ3n) is 1.78. The molecule has 5 nitrogen and oxygen atoms in total. The summed E-state index contributed by atoms with van der Waals surface area (Å²) in [7, 11) is 0. The Hall–Kier alpha value is -2.29. The van der Waals surface area contributed by atoms with E-state index in [4.69, 9.17) is 5.26 Å². The summed E-state index contributed by atoms with van der Waals surface area (Å²) in [5, 5.41) is 18.9. The quantitative estimate of drug-likeness (QED) is 0.421. The first-order valence-electron chi connectivity index (χ1n) is 3.86. The Labute approximate surface area is 83.9 Å². The zero-order chi connectivity index (χ0) is 11.6. The van der Waals surface area contributed by atoms with Gasteiger partial charge in [0.05, 0.1) is 10.5 Å². The van der Waals surface area contributed by atoms with Crippen LogP contribution in [0.15, 0.2) is 12.1 Å². The number of nitro groups is 1. The molecule has 0 bridgehead atoms. The smallest absolute Gasteiger partial charge is 0.295 e. The highest BCUT2D eigenvalue weighted by Gasteiger charge is 2.20. The molecule has 0 aliphatic carbocycles. The lowest BCUT2D eigenvalue weighted by molar-refractivity contribution is -0.387. The second-order valence-electron chi connectivity index (χ2n) is 2.78. The van der Waals surface area contributed by atoms with E-state index in [0.29, 0.717) is 0 Å². The molecule has 6 heteroatoms. The van der Waals surface area contributed by atoms with Crippen LogP contribution in [0.3, 0.4) is 0 Å². The van der Waals surface area contributed by atoms with Crippen molar-refractivity contribution in [2.24, 2.45) is 0 Å². The van der Waals surface area contributed by atoms with Gasteiger partial charge >= 0.3 is 5.69 Å². The monoisotopic (exact) mass is 208 g/mol. The number of carbonyl (C=O) groups is 1. The number of halogens is 1. The van der Waals surface area contributed by atoms with E-state index < -0.39 is 27.8 Å². The molecule has 0 aromatic heterocycles. The predicted octanol–water partition coefficient (Wildman–Crippen LogP) is 1.81. The van der Waals surface area contributed by atoms with E-state index in [0.717, 1.165) is 12.1 Å². The van der Waals surface area contributed by atoms with Gasteiger partial charge in [-0.1, -0.05) is 0 Å². The van der Waals surface area contributed by atoms with Gasteiger partial charge < -0.3 is 0 Å². The molecule has 1 aromatic carbocycles. The number of hydrogen-bond acceptors (Lipinski definition) is 4. The third kappa shape index (κ3) is 1.96. The topological polar surface area (TPSA) is 84.0 Å². The largest absolute Gasteiger partial charge is 0.306 e. The summed E-state index contributed by atoms with van der Waals surface area (Å²) in [5.74, 6) is -1.68. The van der Waals surface area contributed by atoms with Gasteiger partial charge in [0, 0.05) is 11.6 Å². The van der Waals surface area contributed by atoms with Crippen molar-refractivity contribution < 1.29 is 14.1 Å². The molecule has 1 aromatic rings. The molecule has 0 aliphatic heterocycles. The molecule has 0 saturated carbocycles. The van der Waals surface area contributed by atoms with Crippen molar-refractivity contribution >= 4 is 11.5 Å². The molecule has 0 N–H and O–H groups in total. The van der Waals surface area contributed by atoms with Crippen LogP contribution in [0.1, 0.15) is 22.8 Å².